The lowest BCUT2D eigenvalue weighted by Gasteiger charge is -1.96. The van der Waals surface area contributed by atoms with Gasteiger partial charge in [0.15, 0.2) is 0 Å². The van der Waals surface area contributed by atoms with E-state index in [2.05, 4.69) is 6.58 Å². The number of rotatable bonds is 3. The summed E-state index contributed by atoms with van der Waals surface area (Å²) >= 11 is 0. The van der Waals surface area contributed by atoms with E-state index in [9.17, 15) is 4.21 Å². The van der Waals surface area contributed by atoms with Gasteiger partial charge in [-0.2, -0.15) is 0 Å². The van der Waals surface area contributed by atoms with E-state index < -0.39 is 10.8 Å². The first kappa shape index (κ1) is 9.93. The van der Waals surface area contributed by atoms with Crippen molar-refractivity contribution in [2.45, 2.75) is 11.8 Å². The van der Waals surface area contributed by atoms with Crippen molar-refractivity contribution in [3.63, 3.8) is 0 Å². The quantitative estimate of drug-likeness (QED) is 0.673. The fraction of sp³-hybridized carbons (Fsp3) is 0.0909. The van der Waals surface area contributed by atoms with Crippen molar-refractivity contribution in [1.29, 1.82) is 0 Å². The maximum atomic E-state index is 11.5. The molecule has 0 aliphatic carbocycles. The molecule has 0 aromatic heterocycles. The van der Waals surface area contributed by atoms with Gasteiger partial charge in [-0.1, -0.05) is 36.4 Å². The monoisotopic (exact) mass is 192 g/mol. The van der Waals surface area contributed by atoms with Crippen molar-refractivity contribution in [3.05, 3.63) is 54.0 Å². The molecule has 1 aromatic carbocycles. The Balaban J connectivity index is 2.83. The summed E-state index contributed by atoms with van der Waals surface area (Å²) in [4.78, 5) is 0.823. The third-order valence-electron chi connectivity index (χ3n) is 1.59. The summed E-state index contributed by atoms with van der Waals surface area (Å²) in [6, 6.07) is 7.65. The number of hydrogen-bond acceptors (Lipinski definition) is 1. The first-order valence-corrected chi connectivity index (χ1v) is 5.22. The molecule has 1 unspecified atom stereocenters. The van der Waals surface area contributed by atoms with Gasteiger partial charge in [0.25, 0.3) is 0 Å². The van der Waals surface area contributed by atoms with E-state index in [4.69, 9.17) is 0 Å². The number of allylic oxidation sites excluding steroid dienone is 2. The Labute approximate surface area is 81.3 Å². The molecule has 0 saturated heterocycles. The van der Waals surface area contributed by atoms with Crippen molar-refractivity contribution < 1.29 is 4.21 Å². The molecular weight excluding hydrogens is 180 g/mol. The zero-order valence-electron chi connectivity index (χ0n) is 7.57. The molecule has 0 aliphatic rings. The SMILES string of the molecule is C=C/C=C/S(=O)c1ccc(C)cc1. The van der Waals surface area contributed by atoms with Crippen LogP contribution in [-0.4, -0.2) is 4.21 Å². The smallest absolute Gasteiger partial charge is 0.0775 e. The molecule has 0 spiro atoms. The highest BCUT2D eigenvalue weighted by molar-refractivity contribution is 7.88. The van der Waals surface area contributed by atoms with Gasteiger partial charge in [0.05, 0.1) is 10.8 Å². The fourth-order valence-electron chi connectivity index (χ4n) is 0.878. The normalized spacial score (nSPS) is 13.0. The third kappa shape index (κ3) is 2.99. The van der Waals surface area contributed by atoms with Gasteiger partial charge in [0.2, 0.25) is 0 Å². The van der Waals surface area contributed by atoms with Crippen LogP contribution in [0.25, 0.3) is 0 Å². The summed E-state index contributed by atoms with van der Waals surface area (Å²) in [6.45, 7) is 5.53. The first-order chi connectivity index (χ1) is 6.24. The Morgan fingerprint density at radius 2 is 1.92 bits per heavy atom. The molecule has 0 amide bonds. The van der Waals surface area contributed by atoms with Crippen LogP contribution in [0.1, 0.15) is 5.56 Å². The zero-order chi connectivity index (χ0) is 9.68. The second-order valence-corrected chi connectivity index (χ2v) is 4.01. The maximum Gasteiger partial charge on any atom is 0.0775 e. The van der Waals surface area contributed by atoms with Crippen LogP contribution in [0.4, 0.5) is 0 Å². The minimum Gasteiger partial charge on any atom is -0.250 e. The second kappa shape index (κ2) is 4.77. The molecule has 0 bridgehead atoms. The highest BCUT2D eigenvalue weighted by Crippen LogP contribution is 2.08. The maximum absolute atomic E-state index is 11.5. The summed E-state index contributed by atoms with van der Waals surface area (Å²) in [5.41, 5.74) is 1.17. The molecule has 0 saturated carbocycles. The van der Waals surface area contributed by atoms with E-state index in [0.717, 1.165) is 4.90 Å². The molecule has 0 aliphatic heterocycles. The van der Waals surface area contributed by atoms with Gasteiger partial charge in [0, 0.05) is 10.3 Å². The highest BCUT2D eigenvalue weighted by atomic mass is 32.2. The van der Waals surface area contributed by atoms with E-state index in [-0.39, 0.29) is 0 Å². The Kier molecular flexibility index (Phi) is 3.65. The summed E-state index contributed by atoms with van der Waals surface area (Å²) < 4.78 is 11.5. The molecular formula is C11H12OS. The molecule has 13 heavy (non-hydrogen) atoms. The van der Waals surface area contributed by atoms with Gasteiger partial charge in [-0.25, -0.2) is 4.21 Å². The second-order valence-electron chi connectivity index (χ2n) is 2.67. The summed E-state index contributed by atoms with van der Waals surface area (Å²) in [6.07, 6.45) is 3.31. The molecule has 1 atom stereocenters. The lowest BCUT2D eigenvalue weighted by Crippen LogP contribution is -1.85. The van der Waals surface area contributed by atoms with Gasteiger partial charge in [-0.3, -0.25) is 0 Å². The Morgan fingerprint density at radius 3 is 2.46 bits per heavy atom. The Morgan fingerprint density at radius 1 is 1.31 bits per heavy atom. The van der Waals surface area contributed by atoms with Crippen LogP contribution in [0, 0.1) is 6.92 Å². The molecule has 0 fully saturated rings. The van der Waals surface area contributed by atoms with Gasteiger partial charge in [0.1, 0.15) is 0 Å². The van der Waals surface area contributed by atoms with Gasteiger partial charge in [-0.05, 0) is 19.1 Å². The van der Waals surface area contributed by atoms with Gasteiger partial charge in [-0.15, -0.1) is 0 Å². The molecule has 1 aromatic rings. The van der Waals surface area contributed by atoms with E-state index in [0.29, 0.717) is 0 Å². The van der Waals surface area contributed by atoms with Crippen molar-refractivity contribution >= 4 is 10.8 Å². The van der Waals surface area contributed by atoms with Crippen LogP contribution in [-0.2, 0) is 10.8 Å². The van der Waals surface area contributed by atoms with Gasteiger partial charge < -0.3 is 0 Å². The van der Waals surface area contributed by atoms with Crippen LogP contribution < -0.4 is 0 Å². The molecule has 1 nitrogen and oxygen atoms in total. The Hall–Kier alpha value is -1.15. The van der Waals surface area contributed by atoms with Crippen LogP contribution in [0.2, 0.25) is 0 Å². The largest absolute Gasteiger partial charge is 0.250 e. The molecule has 2 heteroatoms. The summed E-state index contributed by atoms with van der Waals surface area (Å²) in [7, 11) is -1.04. The zero-order valence-corrected chi connectivity index (χ0v) is 8.38. The minimum absolute atomic E-state index is 0.823. The first-order valence-electron chi connectivity index (χ1n) is 4.00. The third-order valence-corrected chi connectivity index (χ3v) is 2.73. The molecule has 0 heterocycles. The predicted molar refractivity (Wildman–Crippen MR) is 56.9 cm³/mol. The van der Waals surface area contributed by atoms with E-state index in [1.807, 2.05) is 31.2 Å². The predicted octanol–water partition coefficient (Wildman–Crippen LogP) is 2.80. The van der Waals surface area contributed by atoms with Crippen LogP contribution >= 0.6 is 0 Å². The fourth-order valence-corrected chi connectivity index (χ4v) is 1.69. The minimum atomic E-state index is -1.04. The van der Waals surface area contributed by atoms with Gasteiger partial charge >= 0.3 is 0 Å². The standard InChI is InChI=1S/C11H12OS/c1-3-4-9-13(12)11-7-5-10(2)6-8-11/h3-9H,1H2,2H3/b9-4+. The van der Waals surface area contributed by atoms with Crippen LogP contribution in [0.3, 0.4) is 0 Å². The highest BCUT2D eigenvalue weighted by Gasteiger charge is 1.96. The average molecular weight is 192 g/mol. The molecule has 0 N–H and O–H groups in total. The van der Waals surface area contributed by atoms with Crippen LogP contribution in [0.5, 0.6) is 0 Å². The Bertz CT molecular complexity index is 336. The van der Waals surface area contributed by atoms with E-state index in [1.54, 1.807) is 17.6 Å². The lowest BCUT2D eigenvalue weighted by atomic mass is 10.2. The number of aryl methyl sites for hydroxylation is 1. The van der Waals surface area contributed by atoms with Crippen LogP contribution in [0.15, 0.2) is 53.3 Å². The topological polar surface area (TPSA) is 17.1 Å². The number of benzene rings is 1. The summed E-state index contributed by atoms with van der Waals surface area (Å²) in [5.74, 6) is 0. The van der Waals surface area contributed by atoms with Crippen molar-refractivity contribution in [2.75, 3.05) is 0 Å². The summed E-state index contributed by atoms with van der Waals surface area (Å²) in [5, 5.41) is 1.62. The average Bonchev–Trinajstić information content (AvgIpc) is 2.15. The van der Waals surface area contributed by atoms with E-state index >= 15 is 0 Å². The molecule has 0 radical (unpaired) electrons. The van der Waals surface area contributed by atoms with E-state index in [1.165, 1.54) is 5.56 Å². The van der Waals surface area contributed by atoms with Crippen molar-refractivity contribution in [2.24, 2.45) is 0 Å². The molecule has 1 rings (SSSR count). The van der Waals surface area contributed by atoms with Crippen molar-refractivity contribution in [1.82, 2.24) is 0 Å². The number of hydrogen-bond donors (Lipinski definition) is 0. The lowest BCUT2D eigenvalue weighted by molar-refractivity contribution is 0.688. The van der Waals surface area contributed by atoms with Crippen molar-refractivity contribution in [3.8, 4) is 0 Å². The molecule has 68 valence electrons.